The van der Waals surface area contributed by atoms with Crippen molar-refractivity contribution in [2.75, 3.05) is 33.4 Å². The molecule has 0 fully saturated rings. The Bertz CT molecular complexity index is 427. The number of rotatable bonds is 9. The lowest BCUT2D eigenvalue weighted by atomic mass is 9.81. The third-order valence-corrected chi connectivity index (χ3v) is 3.54. The van der Waals surface area contributed by atoms with Crippen LogP contribution in [0.4, 0.5) is 0 Å². The molecule has 1 rings (SSSR count). The fraction of sp³-hybridized carbons (Fsp3) is 0.588. The van der Waals surface area contributed by atoms with Crippen molar-refractivity contribution in [2.24, 2.45) is 0 Å². The molecule has 1 amide bonds. The second-order valence-corrected chi connectivity index (χ2v) is 6.02. The molecule has 0 bridgehead atoms. The van der Waals surface area contributed by atoms with Crippen molar-refractivity contribution in [3.63, 3.8) is 0 Å². The van der Waals surface area contributed by atoms with Crippen molar-refractivity contribution in [2.45, 2.75) is 32.6 Å². The van der Waals surface area contributed by atoms with Crippen LogP contribution in [0, 0.1) is 6.92 Å². The monoisotopic (exact) mass is 292 g/mol. The second-order valence-electron chi connectivity index (χ2n) is 6.02. The minimum absolute atomic E-state index is 0.0918. The number of amides is 1. The molecule has 0 aliphatic heterocycles. The smallest absolute Gasteiger partial charge is 0.220 e. The van der Waals surface area contributed by atoms with Gasteiger partial charge >= 0.3 is 0 Å². The summed E-state index contributed by atoms with van der Waals surface area (Å²) in [6, 6.07) is 8.40. The quantitative estimate of drug-likeness (QED) is 0.685. The van der Waals surface area contributed by atoms with Crippen LogP contribution < -0.4 is 10.6 Å². The molecule has 0 aliphatic carbocycles. The van der Waals surface area contributed by atoms with E-state index in [0.717, 1.165) is 13.1 Å². The van der Waals surface area contributed by atoms with Crippen molar-refractivity contribution < 1.29 is 9.53 Å². The molecule has 0 saturated carbocycles. The number of aryl methyl sites for hydroxylation is 1. The average molecular weight is 292 g/mol. The number of hydrogen-bond donors (Lipinski definition) is 2. The highest BCUT2D eigenvalue weighted by atomic mass is 16.5. The SMILES string of the molecule is COCCNCCNC(=O)CC(C)(C)c1ccc(C)cc1. The van der Waals surface area contributed by atoms with Gasteiger partial charge in [-0.2, -0.15) is 0 Å². The highest BCUT2D eigenvalue weighted by molar-refractivity contribution is 5.77. The molecular weight excluding hydrogens is 264 g/mol. The van der Waals surface area contributed by atoms with Crippen LogP contribution in [-0.2, 0) is 14.9 Å². The van der Waals surface area contributed by atoms with Gasteiger partial charge in [0.25, 0.3) is 0 Å². The van der Waals surface area contributed by atoms with Gasteiger partial charge in [-0.3, -0.25) is 4.79 Å². The maximum Gasteiger partial charge on any atom is 0.220 e. The topological polar surface area (TPSA) is 50.4 Å². The summed E-state index contributed by atoms with van der Waals surface area (Å²) in [6.07, 6.45) is 0.494. The van der Waals surface area contributed by atoms with Crippen molar-refractivity contribution in [1.82, 2.24) is 10.6 Å². The van der Waals surface area contributed by atoms with E-state index in [0.29, 0.717) is 19.6 Å². The standard InChI is InChI=1S/C17H28N2O2/c1-14-5-7-15(8-6-14)17(2,3)13-16(20)19-10-9-18-11-12-21-4/h5-8,18H,9-13H2,1-4H3,(H,19,20). The third kappa shape index (κ3) is 6.74. The molecule has 0 aliphatic rings. The molecule has 0 spiro atoms. The van der Waals surface area contributed by atoms with Crippen LogP contribution >= 0.6 is 0 Å². The van der Waals surface area contributed by atoms with E-state index < -0.39 is 0 Å². The molecule has 2 N–H and O–H groups in total. The van der Waals surface area contributed by atoms with E-state index in [1.807, 2.05) is 0 Å². The Kier molecular flexibility index (Phi) is 7.40. The fourth-order valence-corrected chi connectivity index (χ4v) is 2.16. The van der Waals surface area contributed by atoms with Crippen molar-refractivity contribution in [3.05, 3.63) is 35.4 Å². The van der Waals surface area contributed by atoms with Crippen LogP contribution in [0.3, 0.4) is 0 Å². The van der Waals surface area contributed by atoms with Crippen LogP contribution in [0.5, 0.6) is 0 Å². The Morgan fingerprint density at radius 2 is 1.81 bits per heavy atom. The lowest BCUT2D eigenvalue weighted by Gasteiger charge is -2.24. The van der Waals surface area contributed by atoms with Crippen LogP contribution in [-0.4, -0.2) is 39.3 Å². The number of benzene rings is 1. The van der Waals surface area contributed by atoms with Crippen LogP contribution in [0.2, 0.25) is 0 Å². The highest BCUT2D eigenvalue weighted by Gasteiger charge is 2.23. The summed E-state index contributed by atoms with van der Waals surface area (Å²) in [7, 11) is 1.68. The zero-order chi connectivity index (χ0) is 15.7. The Balaban J connectivity index is 2.34. The minimum Gasteiger partial charge on any atom is -0.383 e. The van der Waals surface area contributed by atoms with Gasteiger partial charge in [0.05, 0.1) is 6.61 Å². The molecule has 118 valence electrons. The minimum atomic E-state index is -0.152. The normalized spacial score (nSPS) is 11.4. The Hall–Kier alpha value is -1.39. The number of carbonyl (C=O) groups is 1. The Morgan fingerprint density at radius 3 is 2.43 bits per heavy atom. The summed E-state index contributed by atoms with van der Waals surface area (Å²) in [5, 5.41) is 6.16. The molecule has 0 saturated heterocycles. The van der Waals surface area contributed by atoms with Crippen LogP contribution in [0.25, 0.3) is 0 Å². The van der Waals surface area contributed by atoms with Gasteiger partial charge in [-0.25, -0.2) is 0 Å². The van der Waals surface area contributed by atoms with Gasteiger partial charge in [0, 0.05) is 33.2 Å². The maximum absolute atomic E-state index is 12.0. The predicted molar refractivity (Wildman–Crippen MR) is 86.6 cm³/mol. The first-order valence-corrected chi connectivity index (χ1v) is 7.49. The Labute approximate surface area is 128 Å². The van der Waals surface area contributed by atoms with Crippen LogP contribution in [0.15, 0.2) is 24.3 Å². The summed E-state index contributed by atoms with van der Waals surface area (Å²) < 4.78 is 4.94. The van der Waals surface area contributed by atoms with E-state index in [1.165, 1.54) is 11.1 Å². The number of hydrogen-bond acceptors (Lipinski definition) is 3. The third-order valence-electron chi connectivity index (χ3n) is 3.54. The zero-order valence-corrected chi connectivity index (χ0v) is 13.7. The summed E-state index contributed by atoms with van der Waals surface area (Å²) in [5.74, 6) is 0.0918. The highest BCUT2D eigenvalue weighted by Crippen LogP contribution is 2.27. The molecule has 4 nitrogen and oxygen atoms in total. The van der Waals surface area contributed by atoms with E-state index in [4.69, 9.17) is 4.74 Å². The molecule has 21 heavy (non-hydrogen) atoms. The molecule has 1 aromatic rings. The number of methoxy groups -OCH3 is 1. The van der Waals surface area contributed by atoms with E-state index in [2.05, 4.69) is 55.7 Å². The van der Waals surface area contributed by atoms with E-state index in [-0.39, 0.29) is 11.3 Å². The van der Waals surface area contributed by atoms with Gasteiger partial charge in [-0.15, -0.1) is 0 Å². The largest absolute Gasteiger partial charge is 0.383 e. The van der Waals surface area contributed by atoms with E-state index in [1.54, 1.807) is 7.11 Å². The lowest BCUT2D eigenvalue weighted by Crippen LogP contribution is -2.36. The Morgan fingerprint density at radius 1 is 1.14 bits per heavy atom. The van der Waals surface area contributed by atoms with Gasteiger partial charge in [-0.1, -0.05) is 43.7 Å². The zero-order valence-electron chi connectivity index (χ0n) is 13.7. The first-order valence-electron chi connectivity index (χ1n) is 7.49. The summed E-state index contributed by atoms with van der Waals surface area (Å²) >= 11 is 0. The molecule has 0 radical (unpaired) electrons. The van der Waals surface area contributed by atoms with E-state index >= 15 is 0 Å². The van der Waals surface area contributed by atoms with Crippen molar-refractivity contribution in [1.29, 1.82) is 0 Å². The first-order chi connectivity index (χ1) is 9.95. The number of nitrogens with one attached hydrogen (secondary N) is 2. The molecule has 0 aromatic heterocycles. The van der Waals surface area contributed by atoms with E-state index in [9.17, 15) is 4.79 Å². The van der Waals surface area contributed by atoms with Gasteiger partial charge in [0.15, 0.2) is 0 Å². The number of carbonyl (C=O) groups excluding carboxylic acids is 1. The fourth-order valence-electron chi connectivity index (χ4n) is 2.16. The molecule has 0 heterocycles. The summed E-state index contributed by atoms with van der Waals surface area (Å²) in [4.78, 5) is 12.0. The average Bonchev–Trinajstić information content (AvgIpc) is 2.42. The van der Waals surface area contributed by atoms with Crippen LogP contribution in [0.1, 0.15) is 31.4 Å². The summed E-state index contributed by atoms with van der Waals surface area (Å²) in [5.41, 5.74) is 2.28. The van der Waals surface area contributed by atoms with Crippen molar-refractivity contribution >= 4 is 5.91 Å². The molecule has 0 unspecified atom stereocenters. The van der Waals surface area contributed by atoms with Crippen molar-refractivity contribution in [3.8, 4) is 0 Å². The van der Waals surface area contributed by atoms with Gasteiger partial charge in [0.1, 0.15) is 0 Å². The van der Waals surface area contributed by atoms with Gasteiger partial charge in [0.2, 0.25) is 5.91 Å². The van der Waals surface area contributed by atoms with Gasteiger partial charge < -0.3 is 15.4 Å². The lowest BCUT2D eigenvalue weighted by molar-refractivity contribution is -0.122. The summed E-state index contributed by atoms with van der Waals surface area (Å²) in [6.45, 7) is 9.18. The molecule has 4 heteroatoms. The van der Waals surface area contributed by atoms with Gasteiger partial charge in [-0.05, 0) is 17.9 Å². The first kappa shape index (κ1) is 17.7. The second kappa shape index (κ2) is 8.80. The molecular formula is C17H28N2O2. The maximum atomic E-state index is 12.0. The molecule has 0 atom stereocenters. The molecule has 1 aromatic carbocycles. The predicted octanol–water partition coefficient (Wildman–Crippen LogP) is 2.01. The number of ether oxygens (including phenoxy) is 1.